The first-order valence-corrected chi connectivity index (χ1v) is 9.22. The maximum Gasteiger partial charge on any atom is 0.243 e. The monoisotopic (exact) mass is 342 g/mol. The number of rotatable bonds is 3. The van der Waals surface area contributed by atoms with E-state index in [4.69, 9.17) is 0 Å². The predicted molar refractivity (Wildman–Crippen MR) is 85.9 cm³/mol. The molecule has 0 atom stereocenters. The Morgan fingerprint density at radius 3 is 2.48 bits per heavy atom. The quantitative estimate of drug-likeness (QED) is 0.844. The standard InChI is InChI=1S/C16H23FN2O3S/c1-12(2)16(20)18-7-4-8-19(10-9-18)23(21,22)15-6-5-14(17)11-13(15)3/h5-6,11-12H,4,7-10H2,1-3H3. The van der Waals surface area contributed by atoms with Crippen molar-refractivity contribution < 1.29 is 17.6 Å². The second-order valence-electron chi connectivity index (χ2n) is 6.15. The molecule has 0 aliphatic carbocycles. The number of carbonyl (C=O) groups is 1. The van der Waals surface area contributed by atoms with Gasteiger partial charge in [0.05, 0.1) is 4.90 Å². The van der Waals surface area contributed by atoms with E-state index in [2.05, 4.69) is 0 Å². The molecular formula is C16H23FN2O3S. The second kappa shape index (κ2) is 6.97. The highest BCUT2D eigenvalue weighted by Gasteiger charge is 2.29. The molecule has 0 unspecified atom stereocenters. The van der Waals surface area contributed by atoms with Gasteiger partial charge in [-0.2, -0.15) is 4.31 Å². The lowest BCUT2D eigenvalue weighted by molar-refractivity contribution is -0.134. The number of hydrogen-bond donors (Lipinski definition) is 0. The molecular weight excluding hydrogens is 319 g/mol. The van der Waals surface area contributed by atoms with E-state index in [1.54, 1.807) is 11.8 Å². The average Bonchev–Trinajstić information content (AvgIpc) is 2.72. The SMILES string of the molecule is Cc1cc(F)ccc1S(=O)(=O)N1CCCN(C(=O)C(C)C)CC1. The Hall–Kier alpha value is -1.47. The van der Waals surface area contributed by atoms with Crippen LogP contribution >= 0.6 is 0 Å². The molecule has 1 aliphatic rings. The van der Waals surface area contributed by atoms with Crippen LogP contribution in [-0.2, 0) is 14.8 Å². The number of benzene rings is 1. The summed E-state index contributed by atoms with van der Waals surface area (Å²) < 4.78 is 40.2. The van der Waals surface area contributed by atoms with Crippen LogP contribution in [0.2, 0.25) is 0 Å². The highest BCUT2D eigenvalue weighted by Crippen LogP contribution is 2.22. The first kappa shape index (κ1) is 17.9. The van der Waals surface area contributed by atoms with Crippen LogP contribution in [0, 0.1) is 18.7 Å². The third kappa shape index (κ3) is 3.90. The van der Waals surface area contributed by atoms with E-state index >= 15 is 0 Å². The number of nitrogens with zero attached hydrogens (tertiary/aromatic N) is 2. The van der Waals surface area contributed by atoms with E-state index in [0.717, 1.165) is 6.07 Å². The third-order valence-electron chi connectivity index (χ3n) is 4.02. The Morgan fingerprint density at radius 1 is 1.17 bits per heavy atom. The first-order valence-electron chi connectivity index (χ1n) is 7.78. The molecule has 1 fully saturated rings. The zero-order chi connectivity index (χ0) is 17.2. The van der Waals surface area contributed by atoms with Crippen molar-refractivity contribution in [3.63, 3.8) is 0 Å². The first-order chi connectivity index (χ1) is 10.7. The summed E-state index contributed by atoms with van der Waals surface area (Å²) in [7, 11) is -3.67. The van der Waals surface area contributed by atoms with Gasteiger partial charge in [0.25, 0.3) is 0 Å². The minimum atomic E-state index is -3.67. The Labute approximate surface area is 137 Å². The number of carbonyl (C=O) groups excluding carboxylic acids is 1. The molecule has 1 heterocycles. The number of hydrogen-bond acceptors (Lipinski definition) is 3. The lowest BCUT2D eigenvalue weighted by Crippen LogP contribution is -2.39. The summed E-state index contributed by atoms with van der Waals surface area (Å²) in [6.07, 6.45) is 0.595. The minimum absolute atomic E-state index is 0.0437. The van der Waals surface area contributed by atoms with Crippen molar-refractivity contribution in [3.05, 3.63) is 29.6 Å². The molecule has 1 amide bonds. The highest BCUT2D eigenvalue weighted by molar-refractivity contribution is 7.89. The topological polar surface area (TPSA) is 57.7 Å². The van der Waals surface area contributed by atoms with Gasteiger partial charge in [-0.25, -0.2) is 12.8 Å². The van der Waals surface area contributed by atoms with E-state index in [-0.39, 0.29) is 23.3 Å². The lowest BCUT2D eigenvalue weighted by atomic mass is 10.2. The van der Waals surface area contributed by atoms with E-state index in [0.29, 0.717) is 31.6 Å². The van der Waals surface area contributed by atoms with Crippen molar-refractivity contribution in [2.45, 2.75) is 32.1 Å². The fourth-order valence-electron chi connectivity index (χ4n) is 2.76. The van der Waals surface area contributed by atoms with Crippen LogP contribution in [0.3, 0.4) is 0 Å². The molecule has 128 valence electrons. The van der Waals surface area contributed by atoms with Gasteiger partial charge < -0.3 is 4.90 Å². The van der Waals surface area contributed by atoms with Gasteiger partial charge in [0.15, 0.2) is 0 Å². The molecule has 1 aliphatic heterocycles. The summed E-state index contributed by atoms with van der Waals surface area (Å²) in [5, 5.41) is 0. The Morgan fingerprint density at radius 2 is 1.87 bits per heavy atom. The molecule has 7 heteroatoms. The van der Waals surface area contributed by atoms with Gasteiger partial charge in [0.2, 0.25) is 15.9 Å². The average molecular weight is 342 g/mol. The summed E-state index contributed by atoms with van der Waals surface area (Å²) in [6, 6.07) is 3.69. The van der Waals surface area contributed by atoms with Crippen molar-refractivity contribution in [2.75, 3.05) is 26.2 Å². The van der Waals surface area contributed by atoms with E-state index in [9.17, 15) is 17.6 Å². The van der Waals surface area contributed by atoms with Gasteiger partial charge >= 0.3 is 0 Å². The molecule has 0 saturated carbocycles. The van der Waals surface area contributed by atoms with Crippen molar-refractivity contribution in [1.82, 2.24) is 9.21 Å². The zero-order valence-corrected chi connectivity index (χ0v) is 14.6. The van der Waals surface area contributed by atoms with Crippen LogP contribution < -0.4 is 0 Å². The highest BCUT2D eigenvalue weighted by atomic mass is 32.2. The minimum Gasteiger partial charge on any atom is -0.341 e. The smallest absolute Gasteiger partial charge is 0.243 e. The van der Waals surface area contributed by atoms with E-state index in [1.165, 1.54) is 16.4 Å². The van der Waals surface area contributed by atoms with Crippen LogP contribution in [0.1, 0.15) is 25.8 Å². The number of amides is 1. The van der Waals surface area contributed by atoms with Gasteiger partial charge in [-0.3, -0.25) is 4.79 Å². The molecule has 0 N–H and O–H groups in total. The van der Waals surface area contributed by atoms with Gasteiger partial charge in [-0.15, -0.1) is 0 Å². The van der Waals surface area contributed by atoms with Gasteiger partial charge in [0.1, 0.15) is 5.82 Å². The van der Waals surface area contributed by atoms with Crippen molar-refractivity contribution in [3.8, 4) is 0 Å². The van der Waals surface area contributed by atoms with Crippen LogP contribution in [0.25, 0.3) is 0 Å². The van der Waals surface area contributed by atoms with Crippen LogP contribution in [0.15, 0.2) is 23.1 Å². The fourth-order valence-corrected chi connectivity index (χ4v) is 4.44. The van der Waals surface area contributed by atoms with Crippen molar-refractivity contribution >= 4 is 15.9 Å². The van der Waals surface area contributed by atoms with E-state index in [1.807, 2.05) is 13.8 Å². The molecule has 1 aromatic rings. The van der Waals surface area contributed by atoms with Crippen LogP contribution in [0.5, 0.6) is 0 Å². The van der Waals surface area contributed by atoms with Gasteiger partial charge in [-0.1, -0.05) is 13.8 Å². The zero-order valence-electron chi connectivity index (χ0n) is 13.8. The fraction of sp³-hybridized carbons (Fsp3) is 0.562. The molecule has 0 aromatic heterocycles. The normalized spacial score (nSPS) is 17.3. The number of halogens is 1. The summed E-state index contributed by atoms with van der Waals surface area (Å²) in [5.74, 6) is -0.509. The second-order valence-corrected chi connectivity index (χ2v) is 8.05. The van der Waals surface area contributed by atoms with Crippen molar-refractivity contribution in [2.24, 2.45) is 5.92 Å². The maximum atomic E-state index is 13.2. The lowest BCUT2D eigenvalue weighted by Gasteiger charge is -2.23. The van der Waals surface area contributed by atoms with E-state index < -0.39 is 15.8 Å². The number of aryl methyl sites for hydroxylation is 1. The third-order valence-corrected chi connectivity index (χ3v) is 6.07. The Kier molecular flexibility index (Phi) is 5.41. The maximum absolute atomic E-state index is 13.2. The molecule has 5 nitrogen and oxygen atoms in total. The molecule has 1 saturated heterocycles. The molecule has 1 aromatic carbocycles. The molecule has 0 spiro atoms. The van der Waals surface area contributed by atoms with Gasteiger partial charge in [-0.05, 0) is 37.1 Å². The van der Waals surface area contributed by atoms with Crippen molar-refractivity contribution in [1.29, 1.82) is 0 Å². The summed E-state index contributed by atoms with van der Waals surface area (Å²) in [6.45, 7) is 6.83. The van der Waals surface area contributed by atoms with Crippen LogP contribution in [0.4, 0.5) is 4.39 Å². The number of sulfonamides is 1. The molecule has 0 radical (unpaired) electrons. The predicted octanol–water partition coefficient (Wildman–Crippen LogP) is 2.01. The summed E-state index contributed by atoms with van der Waals surface area (Å²) in [4.78, 5) is 13.9. The van der Waals surface area contributed by atoms with Gasteiger partial charge in [0, 0.05) is 32.1 Å². The molecule has 2 rings (SSSR count). The largest absolute Gasteiger partial charge is 0.341 e. The Bertz CT molecular complexity index is 689. The Balaban J connectivity index is 2.20. The van der Waals surface area contributed by atoms with Crippen LogP contribution in [-0.4, -0.2) is 49.7 Å². The molecule has 23 heavy (non-hydrogen) atoms. The summed E-state index contributed by atoms with van der Waals surface area (Å²) in [5.41, 5.74) is 0.393. The summed E-state index contributed by atoms with van der Waals surface area (Å²) >= 11 is 0. The molecule has 0 bridgehead atoms.